The van der Waals surface area contributed by atoms with Crippen LogP contribution in [0.5, 0.6) is 0 Å². The van der Waals surface area contributed by atoms with Crippen molar-refractivity contribution in [2.24, 2.45) is 5.92 Å². The monoisotopic (exact) mass is 277 g/mol. The number of para-hydroxylation sites is 1. The highest BCUT2D eigenvalue weighted by Crippen LogP contribution is 2.19. The molecule has 2 unspecified atom stereocenters. The fraction of sp³-hybridized carbons (Fsp3) is 0.429. The molecule has 1 heterocycles. The van der Waals surface area contributed by atoms with E-state index in [4.69, 9.17) is 4.74 Å². The third-order valence-electron chi connectivity index (χ3n) is 3.44. The number of rotatable bonds is 4. The molecule has 1 aliphatic heterocycles. The minimum Gasteiger partial charge on any atom is -0.379 e. The van der Waals surface area contributed by atoms with Crippen molar-refractivity contribution in [3.05, 3.63) is 29.8 Å². The zero-order valence-electron chi connectivity index (χ0n) is 11.6. The molecule has 6 nitrogen and oxygen atoms in total. The summed E-state index contributed by atoms with van der Waals surface area (Å²) in [6, 6.07) is 6.93. The summed E-state index contributed by atoms with van der Waals surface area (Å²) in [4.78, 5) is 24.0. The number of anilines is 1. The smallest absolute Gasteiger partial charge is 0.253 e. The molecule has 0 aromatic heterocycles. The molecular formula is C14H19N3O3. The summed E-state index contributed by atoms with van der Waals surface area (Å²) in [6.45, 7) is 0.908. The highest BCUT2D eigenvalue weighted by Gasteiger charge is 2.33. The van der Waals surface area contributed by atoms with E-state index in [-0.39, 0.29) is 23.8 Å². The Morgan fingerprint density at radius 2 is 1.95 bits per heavy atom. The number of amides is 2. The van der Waals surface area contributed by atoms with Crippen LogP contribution in [0.2, 0.25) is 0 Å². The lowest BCUT2D eigenvalue weighted by Gasteiger charge is -2.17. The quantitative estimate of drug-likeness (QED) is 0.735. The van der Waals surface area contributed by atoms with Gasteiger partial charge in [0.1, 0.15) is 0 Å². The molecular weight excluding hydrogens is 258 g/mol. The molecule has 6 heteroatoms. The van der Waals surface area contributed by atoms with Gasteiger partial charge in [-0.1, -0.05) is 12.1 Å². The number of benzene rings is 1. The average molecular weight is 277 g/mol. The topological polar surface area (TPSA) is 79.5 Å². The molecule has 0 spiro atoms. The number of ether oxygens (including phenoxy) is 1. The van der Waals surface area contributed by atoms with Crippen LogP contribution in [0.25, 0.3) is 0 Å². The number of likely N-dealkylation sites (N-methyl/N-ethyl adjacent to an activating group) is 1. The second-order valence-corrected chi connectivity index (χ2v) is 4.65. The van der Waals surface area contributed by atoms with Crippen molar-refractivity contribution in [1.29, 1.82) is 0 Å². The first-order chi connectivity index (χ1) is 9.67. The van der Waals surface area contributed by atoms with Crippen LogP contribution in [-0.2, 0) is 9.53 Å². The summed E-state index contributed by atoms with van der Waals surface area (Å²) in [5, 5.41) is 8.43. The lowest BCUT2D eigenvalue weighted by molar-refractivity contribution is -0.120. The number of hydrogen-bond donors (Lipinski definition) is 3. The Morgan fingerprint density at radius 1 is 1.20 bits per heavy atom. The molecule has 0 bridgehead atoms. The summed E-state index contributed by atoms with van der Waals surface area (Å²) in [6.07, 6.45) is 0. The molecule has 3 N–H and O–H groups in total. The largest absolute Gasteiger partial charge is 0.379 e. The molecule has 1 aliphatic rings. The molecule has 20 heavy (non-hydrogen) atoms. The minimum absolute atomic E-state index is 0.00200. The van der Waals surface area contributed by atoms with E-state index < -0.39 is 0 Å². The summed E-state index contributed by atoms with van der Waals surface area (Å²) in [5.41, 5.74) is 0.960. The third kappa shape index (κ3) is 2.97. The lowest BCUT2D eigenvalue weighted by Crippen LogP contribution is -2.39. The van der Waals surface area contributed by atoms with E-state index >= 15 is 0 Å². The first-order valence-electron chi connectivity index (χ1n) is 6.54. The maximum absolute atomic E-state index is 12.3. The van der Waals surface area contributed by atoms with Crippen LogP contribution < -0.4 is 16.0 Å². The average Bonchev–Trinajstić information content (AvgIpc) is 2.95. The Balaban J connectivity index is 2.14. The van der Waals surface area contributed by atoms with Gasteiger partial charge in [0.15, 0.2) is 0 Å². The van der Waals surface area contributed by atoms with Crippen molar-refractivity contribution in [3.8, 4) is 0 Å². The summed E-state index contributed by atoms with van der Waals surface area (Å²) >= 11 is 0. The van der Waals surface area contributed by atoms with Crippen molar-refractivity contribution in [2.75, 3.05) is 32.6 Å². The van der Waals surface area contributed by atoms with Crippen LogP contribution in [0.15, 0.2) is 24.3 Å². The Bertz CT molecular complexity index is 504. The van der Waals surface area contributed by atoms with E-state index in [2.05, 4.69) is 16.0 Å². The van der Waals surface area contributed by atoms with Gasteiger partial charge >= 0.3 is 0 Å². The second kappa shape index (κ2) is 6.49. The van der Waals surface area contributed by atoms with Gasteiger partial charge < -0.3 is 20.7 Å². The van der Waals surface area contributed by atoms with Crippen LogP contribution in [-0.4, -0.2) is 45.2 Å². The fourth-order valence-corrected chi connectivity index (χ4v) is 2.25. The zero-order chi connectivity index (χ0) is 14.5. The van der Waals surface area contributed by atoms with Gasteiger partial charge in [0.05, 0.1) is 30.4 Å². The minimum atomic E-state index is -0.252. The molecule has 0 saturated carbocycles. The van der Waals surface area contributed by atoms with Crippen molar-refractivity contribution in [1.82, 2.24) is 10.6 Å². The van der Waals surface area contributed by atoms with Gasteiger partial charge in [-0.2, -0.15) is 0 Å². The number of nitrogens with one attached hydrogen (secondary N) is 3. The lowest BCUT2D eigenvalue weighted by atomic mass is 10.0. The van der Waals surface area contributed by atoms with Gasteiger partial charge in [0.25, 0.3) is 5.91 Å². The standard InChI is InChI=1S/C14H19N3O3/c1-15-12-8-20-7-10(12)14(19)17-11-6-4-3-5-9(11)13(18)16-2/h3-6,10,12,15H,7-8H2,1-2H3,(H,16,18)(H,17,19). The maximum atomic E-state index is 12.3. The van der Waals surface area contributed by atoms with Crippen LogP contribution in [0.3, 0.4) is 0 Å². The highest BCUT2D eigenvalue weighted by atomic mass is 16.5. The predicted octanol–water partition coefficient (Wildman–Crippen LogP) is 0.219. The first-order valence-corrected chi connectivity index (χ1v) is 6.54. The van der Waals surface area contributed by atoms with Crippen molar-refractivity contribution in [2.45, 2.75) is 6.04 Å². The van der Waals surface area contributed by atoms with E-state index in [0.717, 1.165) is 0 Å². The summed E-state index contributed by atoms with van der Waals surface area (Å²) < 4.78 is 5.32. The molecule has 1 aromatic carbocycles. The van der Waals surface area contributed by atoms with E-state index in [1.165, 1.54) is 0 Å². The Morgan fingerprint density at radius 3 is 2.65 bits per heavy atom. The van der Waals surface area contributed by atoms with Crippen molar-refractivity contribution >= 4 is 17.5 Å². The van der Waals surface area contributed by atoms with Gasteiger partial charge in [0, 0.05) is 13.1 Å². The van der Waals surface area contributed by atoms with E-state index in [0.29, 0.717) is 24.5 Å². The molecule has 2 rings (SSSR count). The molecule has 0 radical (unpaired) electrons. The van der Waals surface area contributed by atoms with Gasteiger partial charge in [-0.15, -0.1) is 0 Å². The van der Waals surface area contributed by atoms with E-state index in [1.54, 1.807) is 38.4 Å². The van der Waals surface area contributed by atoms with Gasteiger partial charge in [0.2, 0.25) is 5.91 Å². The van der Waals surface area contributed by atoms with E-state index in [1.807, 2.05) is 0 Å². The van der Waals surface area contributed by atoms with Crippen LogP contribution in [0.1, 0.15) is 10.4 Å². The second-order valence-electron chi connectivity index (χ2n) is 4.65. The summed E-state index contributed by atoms with van der Waals surface area (Å²) in [5.74, 6) is -0.621. The van der Waals surface area contributed by atoms with Gasteiger partial charge in [-0.05, 0) is 19.2 Å². The summed E-state index contributed by atoms with van der Waals surface area (Å²) in [7, 11) is 3.36. The Hall–Kier alpha value is -1.92. The molecule has 1 aromatic rings. The number of hydrogen-bond acceptors (Lipinski definition) is 4. The number of carbonyl (C=O) groups excluding carboxylic acids is 2. The number of carbonyl (C=O) groups is 2. The zero-order valence-corrected chi connectivity index (χ0v) is 11.6. The van der Waals surface area contributed by atoms with Crippen LogP contribution >= 0.6 is 0 Å². The third-order valence-corrected chi connectivity index (χ3v) is 3.44. The molecule has 0 aliphatic carbocycles. The van der Waals surface area contributed by atoms with Crippen LogP contribution in [0.4, 0.5) is 5.69 Å². The first kappa shape index (κ1) is 14.5. The van der Waals surface area contributed by atoms with Crippen molar-refractivity contribution in [3.63, 3.8) is 0 Å². The van der Waals surface area contributed by atoms with Crippen molar-refractivity contribution < 1.29 is 14.3 Å². The Labute approximate surface area is 117 Å². The normalized spacial score (nSPS) is 21.5. The fourth-order valence-electron chi connectivity index (χ4n) is 2.25. The van der Waals surface area contributed by atoms with Gasteiger partial charge in [-0.25, -0.2) is 0 Å². The SMILES string of the molecule is CNC(=O)c1ccccc1NC(=O)C1COCC1NC. The maximum Gasteiger partial charge on any atom is 0.253 e. The van der Waals surface area contributed by atoms with Crippen LogP contribution in [0, 0.1) is 5.92 Å². The molecule has 1 saturated heterocycles. The Kier molecular flexibility index (Phi) is 4.70. The van der Waals surface area contributed by atoms with E-state index in [9.17, 15) is 9.59 Å². The molecule has 1 fully saturated rings. The predicted molar refractivity (Wildman–Crippen MR) is 75.6 cm³/mol. The molecule has 2 atom stereocenters. The molecule has 2 amide bonds. The van der Waals surface area contributed by atoms with Gasteiger partial charge in [-0.3, -0.25) is 9.59 Å². The highest BCUT2D eigenvalue weighted by molar-refractivity contribution is 6.04. The molecule has 108 valence electrons.